The Balaban J connectivity index is 1.37. The molecule has 1 aliphatic carbocycles. The van der Waals surface area contributed by atoms with Crippen LogP contribution in [0.4, 0.5) is 9.52 Å². The number of nitrogens with zero attached hydrogens (tertiary/aromatic N) is 4. The molecule has 0 amide bonds. The van der Waals surface area contributed by atoms with Gasteiger partial charge in [-0.2, -0.15) is 8.68 Å². The molecule has 0 bridgehead atoms. The van der Waals surface area contributed by atoms with E-state index in [9.17, 15) is 12.8 Å². The van der Waals surface area contributed by atoms with E-state index in [1.807, 2.05) is 0 Å². The highest BCUT2D eigenvalue weighted by Gasteiger charge is 2.41. The number of piperazine rings is 1. The summed E-state index contributed by atoms with van der Waals surface area (Å²) in [5.41, 5.74) is 0.964. The van der Waals surface area contributed by atoms with Crippen LogP contribution in [-0.2, 0) is 16.4 Å². The molecule has 2 heterocycles. The number of aromatic nitrogens is 2. The second-order valence-electron chi connectivity index (χ2n) is 6.43. The van der Waals surface area contributed by atoms with Gasteiger partial charge in [0.25, 0.3) is 0 Å². The van der Waals surface area contributed by atoms with Crippen molar-refractivity contribution in [2.75, 3.05) is 31.1 Å². The van der Waals surface area contributed by atoms with Crippen molar-refractivity contribution in [2.24, 2.45) is 0 Å². The van der Waals surface area contributed by atoms with E-state index >= 15 is 0 Å². The van der Waals surface area contributed by atoms with E-state index in [4.69, 9.17) is 0 Å². The molecule has 0 atom stereocenters. The molecular formula is C16H19FN4O2S2. The van der Waals surface area contributed by atoms with Crippen molar-refractivity contribution in [3.8, 4) is 0 Å². The van der Waals surface area contributed by atoms with Crippen molar-refractivity contribution in [3.63, 3.8) is 0 Å². The molecule has 6 nitrogen and oxygen atoms in total. The van der Waals surface area contributed by atoms with Gasteiger partial charge in [0.05, 0.1) is 5.25 Å². The van der Waals surface area contributed by atoms with Crippen molar-refractivity contribution in [3.05, 3.63) is 41.5 Å². The van der Waals surface area contributed by atoms with Gasteiger partial charge in [-0.3, -0.25) is 0 Å². The average Bonchev–Trinajstić information content (AvgIpc) is 3.38. The Hall–Kier alpha value is -1.58. The third-order valence-electron chi connectivity index (χ3n) is 4.55. The number of sulfonamides is 1. The maximum atomic E-state index is 13.0. The molecule has 1 saturated carbocycles. The van der Waals surface area contributed by atoms with Gasteiger partial charge in [0.2, 0.25) is 15.2 Å². The number of hydrogen-bond donors (Lipinski definition) is 0. The lowest BCUT2D eigenvalue weighted by Gasteiger charge is -2.33. The van der Waals surface area contributed by atoms with E-state index in [0.29, 0.717) is 38.4 Å². The van der Waals surface area contributed by atoms with Crippen LogP contribution in [0.2, 0.25) is 0 Å². The molecule has 1 aromatic heterocycles. The molecule has 2 aliphatic rings. The molecule has 1 saturated heterocycles. The van der Waals surface area contributed by atoms with Crippen LogP contribution in [0.15, 0.2) is 24.3 Å². The highest BCUT2D eigenvalue weighted by molar-refractivity contribution is 7.90. The summed E-state index contributed by atoms with van der Waals surface area (Å²) < 4.78 is 43.5. The Labute approximate surface area is 150 Å². The van der Waals surface area contributed by atoms with E-state index in [1.54, 1.807) is 16.4 Å². The van der Waals surface area contributed by atoms with E-state index in [2.05, 4.69) is 14.3 Å². The highest BCUT2D eigenvalue weighted by atomic mass is 32.2. The molecule has 1 aliphatic heterocycles. The summed E-state index contributed by atoms with van der Waals surface area (Å²) >= 11 is 1.33. The maximum Gasteiger partial charge on any atom is 0.217 e. The Morgan fingerprint density at radius 2 is 1.80 bits per heavy atom. The topological polar surface area (TPSA) is 66.4 Å². The van der Waals surface area contributed by atoms with Crippen LogP contribution in [0.25, 0.3) is 0 Å². The van der Waals surface area contributed by atoms with Gasteiger partial charge in [-0.1, -0.05) is 12.1 Å². The molecule has 134 valence electrons. The number of anilines is 1. The lowest BCUT2D eigenvalue weighted by atomic mass is 10.1. The molecule has 0 radical (unpaired) electrons. The number of halogens is 1. The molecule has 2 fully saturated rings. The van der Waals surface area contributed by atoms with Crippen LogP contribution in [0.3, 0.4) is 0 Å². The standard InChI is InChI=1S/C16H19FN4O2S2/c17-13-3-1-12(2-4-13)11-15-18-16(24-19-15)20-7-9-21(10-8-20)25(22,23)14-5-6-14/h1-4,14H,5-11H2. The summed E-state index contributed by atoms with van der Waals surface area (Å²) in [6.07, 6.45) is 2.16. The summed E-state index contributed by atoms with van der Waals surface area (Å²) in [4.78, 5) is 6.65. The van der Waals surface area contributed by atoms with Crippen molar-refractivity contribution in [2.45, 2.75) is 24.5 Å². The zero-order valence-corrected chi connectivity index (χ0v) is 15.3. The molecule has 25 heavy (non-hydrogen) atoms. The van der Waals surface area contributed by atoms with Crippen molar-refractivity contribution in [1.29, 1.82) is 0 Å². The van der Waals surface area contributed by atoms with Gasteiger partial charge in [0.1, 0.15) is 11.6 Å². The fraction of sp³-hybridized carbons (Fsp3) is 0.500. The Kier molecular flexibility index (Phi) is 4.47. The largest absolute Gasteiger partial charge is 0.344 e. The lowest BCUT2D eigenvalue weighted by Crippen LogP contribution is -2.49. The van der Waals surface area contributed by atoms with Crippen molar-refractivity contribution >= 4 is 26.7 Å². The van der Waals surface area contributed by atoms with Crippen LogP contribution in [-0.4, -0.2) is 53.5 Å². The fourth-order valence-corrected chi connectivity index (χ4v) is 5.50. The van der Waals surface area contributed by atoms with Crippen LogP contribution in [0.1, 0.15) is 24.2 Å². The van der Waals surface area contributed by atoms with Gasteiger partial charge in [-0.05, 0) is 30.5 Å². The average molecular weight is 382 g/mol. The first kappa shape index (κ1) is 16.9. The first-order valence-corrected chi connectivity index (χ1v) is 10.6. The molecule has 9 heteroatoms. The second kappa shape index (κ2) is 6.62. The number of benzene rings is 1. The zero-order valence-electron chi connectivity index (χ0n) is 13.6. The molecule has 0 N–H and O–H groups in total. The van der Waals surface area contributed by atoms with E-state index in [-0.39, 0.29) is 11.1 Å². The van der Waals surface area contributed by atoms with E-state index in [0.717, 1.165) is 23.5 Å². The van der Waals surface area contributed by atoms with Gasteiger partial charge in [-0.15, -0.1) is 0 Å². The fourth-order valence-electron chi connectivity index (χ4n) is 2.94. The van der Waals surface area contributed by atoms with Gasteiger partial charge < -0.3 is 4.90 Å². The minimum atomic E-state index is -3.09. The van der Waals surface area contributed by atoms with Gasteiger partial charge in [0, 0.05) is 44.1 Å². The third kappa shape index (κ3) is 3.68. The van der Waals surface area contributed by atoms with E-state index < -0.39 is 10.0 Å². The monoisotopic (exact) mass is 382 g/mol. The van der Waals surface area contributed by atoms with Crippen LogP contribution in [0, 0.1) is 5.82 Å². The van der Waals surface area contributed by atoms with Gasteiger partial charge in [0.15, 0.2) is 0 Å². The smallest absolute Gasteiger partial charge is 0.217 e. The highest BCUT2D eigenvalue weighted by Crippen LogP contribution is 2.32. The van der Waals surface area contributed by atoms with Crippen LogP contribution >= 0.6 is 11.5 Å². The predicted molar refractivity (Wildman–Crippen MR) is 94.8 cm³/mol. The minimum Gasteiger partial charge on any atom is -0.344 e. The van der Waals surface area contributed by atoms with Crippen molar-refractivity contribution < 1.29 is 12.8 Å². The zero-order chi connectivity index (χ0) is 17.4. The van der Waals surface area contributed by atoms with Gasteiger partial charge >= 0.3 is 0 Å². The Morgan fingerprint density at radius 1 is 1.12 bits per heavy atom. The molecule has 0 unspecified atom stereocenters. The molecule has 1 aromatic carbocycles. The first-order valence-electron chi connectivity index (χ1n) is 8.33. The summed E-state index contributed by atoms with van der Waals surface area (Å²) in [5, 5.41) is 0.670. The number of hydrogen-bond acceptors (Lipinski definition) is 6. The number of rotatable bonds is 5. The summed E-state index contributed by atoms with van der Waals surface area (Å²) in [6, 6.07) is 6.33. The second-order valence-corrected chi connectivity index (χ2v) is 9.37. The van der Waals surface area contributed by atoms with Crippen molar-refractivity contribution in [1.82, 2.24) is 13.7 Å². The van der Waals surface area contributed by atoms with Crippen LogP contribution in [0.5, 0.6) is 0 Å². The minimum absolute atomic E-state index is 0.150. The quantitative estimate of drug-likeness (QED) is 0.790. The van der Waals surface area contributed by atoms with Crippen LogP contribution < -0.4 is 4.90 Å². The Morgan fingerprint density at radius 3 is 2.44 bits per heavy atom. The van der Waals surface area contributed by atoms with E-state index in [1.165, 1.54) is 23.7 Å². The summed E-state index contributed by atoms with van der Waals surface area (Å²) in [7, 11) is -3.09. The first-order chi connectivity index (χ1) is 12.0. The summed E-state index contributed by atoms with van der Waals surface area (Å²) in [5.74, 6) is 0.453. The summed E-state index contributed by atoms with van der Waals surface area (Å²) in [6.45, 7) is 2.28. The SMILES string of the molecule is O=S(=O)(C1CC1)N1CCN(c2nc(Cc3ccc(F)cc3)ns2)CC1. The molecular weight excluding hydrogens is 363 g/mol. The normalized spacial score (nSPS) is 19.3. The maximum absolute atomic E-state index is 13.0. The third-order valence-corrected chi connectivity index (χ3v) is 7.76. The lowest BCUT2D eigenvalue weighted by molar-refractivity contribution is 0.384. The van der Waals surface area contributed by atoms with Gasteiger partial charge in [-0.25, -0.2) is 17.8 Å². The predicted octanol–water partition coefficient (Wildman–Crippen LogP) is 1.88. The molecule has 2 aromatic rings. The molecule has 0 spiro atoms. The Bertz CT molecular complexity index is 841. The molecule has 4 rings (SSSR count).